The number of pyridine rings is 1. The second-order valence-corrected chi connectivity index (χ2v) is 8.18. The largest absolute Gasteiger partial charge is 0.378 e. The molecule has 2 saturated heterocycles. The van der Waals surface area contributed by atoms with Gasteiger partial charge in [0, 0.05) is 50.6 Å². The van der Waals surface area contributed by atoms with Crippen LogP contribution in [-0.4, -0.2) is 70.3 Å². The molecule has 0 N–H and O–H groups in total. The van der Waals surface area contributed by atoms with Crippen LogP contribution in [0, 0.1) is 6.92 Å². The van der Waals surface area contributed by atoms with E-state index in [0.717, 1.165) is 48.8 Å². The number of anilines is 1. The molecule has 2 fully saturated rings. The van der Waals surface area contributed by atoms with Gasteiger partial charge in [0.15, 0.2) is 5.76 Å². The lowest BCUT2D eigenvalue weighted by atomic mass is 9.90. The molecule has 9 heteroatoms. The summed E-state index contributed by atoms with van der Waals surface area (Å²) in [6.45, 7) is 6.12. The molecule has 0 spiro atoms. The number of ether oxygens (including phenoxy) is 1. The van der Waals surface area contributed by atoms with Gasteiger partial charge >= 0.3 is 0 Å². The maximum absolute atomic E-state index is 12.8. The quantitative estimate of drug-likeness (QED) is 0.618. The van der Waals surface area contributed by atoms with Crippen LogP contribution in [0.5, 0.6) is 0 Å². The van der Waals surface area contributed by atoms with Crippen molar-refractivity contribution in [3.05, 3.63) is 53.7 Å². The van der Waals surface area contributed by atoms with Gasteiger partial charge in [-0.1, -0.05) is 11.2 Å². The number of morpholine rings is 1. The van der Waals surface area contributed by atoms with E-state index >= 15 is 0 Å². The number of nitrogens with zero attached hydrogens (tertiary/aromatic N) is 6. The van der Waals surface area contributed by atoms with Crippen LogP contribution in [0.15, 0.2) is 41.2 Å². The van der Waals surface area contributed by atoms with Crippen LogP contribution in [0.3, 0.4) is 0 Å². The Morgan fingerprint density at radius 3 is 2.59 bits per heavy atom. The molecule has 1 amide bonds. The Bertz CT molecular complexity index is 1070. The summed E-state index contributed by atoms with van der Waals surface area (Å²) in [5.74, 6) is 1.58. The van der Waals surface area contributed by atoms with Crippen LogP contribution in [0.1, 0.15) is 40.6 Å². The number of hydrogen-bond donors (Lipinski definition) is 0. The summed E-state index contributed by atoms with van der Waals surface area (Å²) in [5.41, 5.74) is 3.14. The molecule has 5 rings (SSSR count). The third kappa shape index (κ3) is 4.20. The van der Waals surface area contributed by atoms with Gasteiger partial charge in [-0.3, -0.25) is 9.78 Å². The average Bonchev–Trinajstić information content (AvgIpc) is 3.30. The predicted molar refractivity (Wildman–Crippen MR) is 117 cm³/mol. The first-order valence-corrected chi connectivity index (χ1v) is 11.0. The van der Waals surface area contributed by atoms with E-state index in [1.54, 1.807) is 12.3 Å². The van der Waals surface area contributed by atoms with Crippen molar-refractivity contribution in [2.75, 3.05) is 44.3 Å². The van der Waals surface area contributed by atoms with Gasteiger partial charge < -0.3 is 19.1 Å². The molecule has 5 heterocycles. The second kappa shape index (κ2) is 9.04. The van der Waals surface area contributed by atoms with Crippen molar-refractivity contribution in [2.24, 2.45) is 0 Å². The molecular weight excluding hydrogens is 408 g/mol. The van der Waals surface area contributed by atoms with E-state index in [1.807, 2.05) is 36.2 Å². The molecule has 0 bridgehead atoms. The normalized spacial score (nSPS) is 17.5. The van der Waals surface area contributed by atoms with Crippen LogP contribution >= 0.6 is 0 Å². The molecule has 3 aromatic rings. The van der Waals surface area contributed by atoms with Gasteiger partial charge in [0.2, 0.25) is 5.95 Å². The summed E-state index contributed by atoms with van der Waals surface area (Å²) in [6, 6.07) is 7.33. The Morgan fingerprint density at radius 2 is 1.91 bits per heavy atom. The van der Waals surface area contributed by atoms with Crippen molar-refractivity contribution >= 4 is 11.9 Å². The minimum absolute atomic E-state index is 0.0215. The summed E-state index contributed by atoms with van der Waals surface area (Å²) in [5, 5.41) is 4.04. The van der Waals surface area contributed by atoms with E-state index < -0.39 is 0 Å². The first-order chi connectivity index (χ1) is 15.7. The Labute approximate surface area is 186 Å². The number of rotatable bonds is 4. The number of amides is 1. The number of carbonyl (C=O) groups excluding carboxylic acids is 1. The monoisotopic (exact) mass is 434 g/mol. The second-order valence-electron chi connectivity index (χ2n) is 8.18. The standard InChI is InChI=1S/C23H26N6O3/c1-16-14-20(32-27-16)18-15-25-23(29-10-12-31-13-11-29)26-21(18)17-5-8-28(9-6-17)22(30)19-4-2-3-7-24-19/h2-4,7,14-15,17H,5-6,8-13H2,1H3. The van der Waals surface area contributed by atoms with E-state index in [4.69, 9.17) is 14.2 Å². The number of likely N-dealkylation sites (tertiary alicyclic amines) is 1. The van der Waals surface area contributed by atoms with Crippen molar-refractivity contribution in [2.45, 2.75) is 25.7 Å². The molecule has 0 unspecified atom stereocenters. The van der Waals surface area contributed by atoms with E-state index in [1.165, 1.54) is 0 Å². The molecule has 0 radical (unpaired) electrons. The number of aromatic nitrogens is 4. The minimum atomic E-state index is -0.0215. The molecule has 3 aromatic heterocycles. The summed E-state index contributed by atoms with van der Waals surface area (Å²) in [7, 11) is 0. The first kappa shape index (κ1) is 20.6. The lowest BCUT2D eigenvalue weighted by Crippen LogP contribution is -2.39. The summed E-state index contributed by atoms with van der Waals surface area (Å²) >= 11 is 0. The lowest BCUT2D eigenvalue weighted by molar-refractivity contribution is 0.0706. The molecular formula is C23H26N6O3. The van der Waals surface area contributed by atoms with E-state index in [2.05, 4.69) is 20.0 Å². The van der Waals surface area contributed by atoms with Crippen molar-refractivity contribution in [1.29, 1.82) is 0 Å². The number of hydrogen-bond acceptors (Lipinski definition) is 8. The topological polar surface area (TPSA) is 97.5 Å². The summed E-state index contributed by atoms with van der Waals surface area (Å²) < 4.78 is 11.0. The van der Waals surface area contributed by atoms with Gasteiger partial charge in [-0.2, -0.15) is 0 Å². The SMILES string of the molecule is Cc1cc(-c2cnc(N3CCOCC3)nc2C2CCN(C(=O)c3ccccn3)CC2)on1. The zero-order valence-corrected chi connectivity index (χ0v) is 18.1. The van der Waals surface area contributed by atoms with Crippen LogP contribution < -0.4 is 4.90 Å². The van der Waals surface area contributed by atoms with Gasteiger partial charge in [0.05, 0.1) is 30.2 Å². The zero-order valence-electron chi connectivity index (χ0n) is 18.1. The maximum Gasteiger partial charge on any atom is 0.272 e. The lowest BCUT2D eigenvalue weighted by Gasteiger charge is -2.33. The van der Waals surface area contributed by atoms with Crippen LogP contribution in [-0.2, 0) is 4.74 Å². The molecule has 0 aromatic carbocycles. The van der Waals surface area contributed by atoms with Crippen LogP contribution in [0.25, 0.3) is 11.3 Å². The fourth-order valence-electron chi connectivity index (χ4n) is 4.30. The van der Waals surface area contributed by atoms with Gasteiger partial charge in [-0.05, 0) is 31.9 Å². The summed E-state index contributed by atoms with van der Waals surface area (Å²) in [6.07, 6.45) is 5.13. The van der Waals surface area contributed by atoms with Gasteiger partial charge in [-0.15, -0.1) is 0 Å². The van der Waals surface area contributed by atoms with Crippen molar-refractivity contribution < 1.29 is 14.1 Å². The smallest absolute Gasteiger partial charge is 0.272 e. The predicted octanol–water partition coefficient (Wildman–Crippen LogP) is 2.69. The maximum atomic E-state index is 12.8. The average molecular weight is 435 g/mol. The van der Waals surface area contributed by atoms with Gasteiger partial charge in [0.25, 0.3) is 5.91 Å². The number of aryl methyl sites for hydroxylation is 1. The highest BCUT2D eigenvalue weighted by Gasteiger charge is 2.29. The Kier molecular flexibility index (Phi) is 5.81. The van der Waals surface area contributed by atoms with E-state index in [-0.39, 0.29) is 11.8 Å². The van der Waals surface area contributed by atoms with E-state index in [0.29, 0.717) is 37.8 Å². The Morgan fingerprint density at radius 1 is 1.09 bits per heavy atom. The molecule has 2 aliphatic heterocycles. The Hall–Kier alpha value is -3.33. The molecule has 0 aliphatic carbocycles. The fraction of sp³-hybridized carbons (Fsp3) is 0.435. The molecule has 9 nitrogen and oxygen atoms in total. The van der Waals surface area contributed by atoms with Crippen LogP contribution in [0.4, 0.5) is 5.95 Å². The third-order valence-electron chi connectivity index (χ3n) is 6.05. The summed E-state index contributed by atoms with van der Waals surface area (Å²) in [4.78, 5) is 30.6. The minimum Gasteiger partial charge on any atom is -0.378 e. The molecule has 0 saturated carbocycles. The number of carbonyl (C=O) groups is 1. The highest BCUT2D eigenvalue weighted by atomic mass is 16.5. The van der Waals surface area contributed by atoms with Crippen molar-refractivity contribution in [3.63, 3.8) is 0 Å². The van der Waals surface area contributed by atoms with Crippen molar-refractivity contribution in [3.8, 4) is 11.3 Å². The van der Waals surface area contributed by atoms with Crippen molar-refractivity contribution in [1.82, 2.24) is 25.0 Å². The molecule has 0 atom stereocenters. The first-order valence-electron chi connectivity index (χ1n) is 11.0. The highest BCUT2D eigenvalue weighted by molar-refractivity contribution is 5.92. The van der Waals surface area contributed by atoms with Crippen LogP contribution in [0.2, 0.25) is 0 Å². The molecule has 166 valence electrons. The van der Waals surface area contributed by atoms with Gasteiger partial charge in [-0.25, -0.2) is 9.97 Å². The van der Waals surface area contributed by atoms with Gasteiger partial charge in [0.1, 0.15) is 5.69 Å². The fourth-order valence-corrected chi connectivity index (χ4v) is 4.30. The third-order valence-corrected chi connectivity index (χ3v) is 6.05. The zero-order chi connectivity index (χ0) is 21.9. The molecule has 2 aliphatic rings. The Balaban J connectivity index is 1.39. The highest BCUT2D eigenvalue weighted by Crippen LogP contribution is 2.35. The molecule has 32 heavy (non-hydrogen) atoms. The van der Waals surface area contributed by atoms with E-state index in [9.17, 15) is 4.79 Å². The number of piperidine rings is 1.